The first-order valence-electron chi connectivity index (χ1n) is 4.36. The molecule has 1 rings (SSSR count). The van der Waals surface area contributed by atoms with Gasteiger partial charge in [-0.2, -0.15) is 21.6 Å². The molecule has 100 valence electrons. The number of carbonyl (C=O) groups is 1. The summed E-state index contributed by atoms with van der Waals surface area (Å²) in [6.45, 7) is 1.11. The molecule has 0 heterocycles. The Hall–Kier alpha value is -1.64. The molecule has 0 N–H and O–H groups in total. The summed E-state index contributed by atoms with van der Waals surface area (Å²) >= 11 is 0. The molecule has 0 aliphatic heterocycles. The molecule has 0 atom stereocenters. The highest BCUT2D eigenvalue weighted by molar-refractivity contribution is 7.88. The van der Waals surface area contributed by atoms with Crippen molar-refractivity contribution in [3.8, 4) is 5.75 Å². The maximum Gasteiger partial charge on any atom is 0.534 e. The second-order valence-electron chi connectivity index (χ2n) is 3.18. The summed E-state index contributed by atoms with van der Waals surface area (Å²) in [5.41, 5.74) is -5.78. The first kappa shape index (κ1) is 14.4. The smallest absolute Gasteiger partial charge is 0.373 e. The second kappa shape index (κ2) is 4.56. The normalized spacial score (nSPS) is 12.3. The van der Waals surface area contributed by atoms with E-state index in [2.05, 4.69) is 4.18 Å². The molecule has 0 unspecified atom stereocenters. The van der Waals surface area contributed by atoms with E-state index in [-0.39, 0.29) is 5.56 Å². The molecule has 0 aliphatic carbocycles. The van der Waals surface area contributed by atoms with Crippen molar-refractivity contribution in [1.29, 1.82) is 0 Å². The van der Waals surface area contributed by atoms with Gasteiger partial charge in [-0.15, -0.1) is 0 Å². The number of ketones is 1. The number of hydrogen-bond acceptors (Lipinski definition) is 4. The van der Waals surface area contributed by atoms with Crippen molar-refractivity contribution in [1.82, 2.24) is 0 Å². The molecule has 0 aromatic heterocycles. The van der Waals surface area contributed by atoms with Gasteiger partial charge in [0.25, 0.3) is 0 Å². The Labute approximate surface area is 99.3 Å². The predicted octanol–water partition coefficient (Wildman–Crippen LogP) is 2.26. The van der Waals surface area contributed by atoms with Crippen molar-refractivity contribution in [2.75, 3.05) is 0 Å². The standard InChI is InChI=1S/C9H6F4O4S/c1-5(14)6-2-3-8(7(10)4-6)17-18(15,16)9(11,12)13/h2-4H,1H3. The van der Waals surface area contributed by atoms with Crippen LogP contribution in [0.25, 0.3) is 0 Å². The SMILES string of the molecule is CC(=O)c1ccc(OS(=O)(=O)C(F)(F)F)c(F)c1. The van der Waals surface area contributed by atoms with Gasteiger partial charge >= 0.3 is 15.6 Å². The fourth-order valence-corrected chi connectivity index (χ4v) is 1.42. The first-order valence-corrected chi connectivity index (χ1v) is 5.76. The molecule has 0 fully saturated rings. The Bertz CT molecular complexity index is 577. The molecule has 1 aromatic carbocycles. The molecule has 0 aliphatic rings. The van der Waals surface area contributed by atoms with Crippen molar-refractivity contribution in [3.63, 3.8) is 0 Å². The van der Waals surface area contributed by atoms with E-state index < -0.39 is 33.0 Å². The lowest BCUT2D eigenvalue weighted by Crippen LogP contribution is -2.28. The van der Waals surface area contributed by atoms with Crippen LogP contribution in [-0.4, -0.2) is 19.7 Å². The van der Waals surface area contributed by atoms with Crippen molar-refractivity contribution in [2.45, 2.75) is 12.4 Å². The van der Waals surface area contributed by atoms with Crippen LogP contribution in [0.15, 0.2) is 18.2 Å². The number of halogens is 4. The summed E-state index contributed by atoms with van der Waals surface area (Å²) in [5.74, 6) is -3.04. The van der Waals surface area contributed by atoms with Crippen LogP contribution in [0.1, 0.15) is 17.3 Å². The first-order chi connectivity index (χ1) is 8.04. The zero-order valence-corrected chi connectivity index (χ0v) is 9.60. The fourth-order valence-electron chi connectivity index (χ4n) is 0.953. The summed E-state index contributed by atoms with van der Waals surface area (Å²) in [6, 6.07) is 2.17. The average molecular weight is 286 g/mol. The molecular formula is C9H6F4O4S. The predicted molar refractivity (Wildman–Crippen MR) is 52.0 cm³/mol. The highest BCUT2D eigenvalue weighted by atomic mass is 32.2. The zero-order valence-electron chi connectivity index (χ0n) is 8.79. The third-order valence-corrected chi connectivity index (χ3v) is 2.79. The van der Waals surface area contributed by atoms with Crippen LogP contribution in [0, 0.1) is 5.82 Å². The summed E-state index contributed by atoms with van der Waals surface area (Å²) < 4.78 is 73.9. The Balaban J connectivity index is 3.11. The van der Waals surface area contributed by atoms with Crippen LogP contribution in [-0.2, 0) is 10.1 Å². The fraction of sp³-hybridized carbons (Fsp3) is 0.222. The van der Waals surface area contributed by atoms with Gasteiger partial charge in [0.2, 0.25) is 0 Å². The summed E-state index contributed by atoms with van der Waals surface area (Å²) in [5, 5.41) is 0. The molecule has 4 nitrogen and oxygen atoms in total. The monoisotopic (exact) mass is 286 g/mol. The largest absolute Gasteiger partial charge is 0.534 e. The molecule has 0 spiro atoms. The summed E-state index contributed by atoms with van der Waals surface area (Å²) in [7, 11) is -5.93. The van der Waals surface area contributed by atoms with Crippen molar-refractivity contribution in [2.24, 2.45) is 0 Å². The Morgan fingerprint density at radius 2 is 1.83 bits per heavy atom. The lowest BCUT2D eigenvalue weighted by molar-refractivity contribution is -0.0500. The quantitative estimate of drug-likeness (QED) is 0.370. The van der Waals surface area contributed by atoms with Crippen molar-refractivity contribution < 1.29 is 35.0 Å². The van der Waals surface area contributed by atoms with Gasteiger partial charge in [0.15, 0.2) is 17.3 Å². The van der Waals surface area contributed by atoms with Gasteiger partial charge in [-0.1, -0.05) is 0 Å². The second-order valence-corrected chi connectivity index (χ2v) is 4.72. The maximum atomic E-state index is 13.2. The maximum absolute atomic E-state index is 13.2. The minimum atomic E-state index is -5.93. The number of alkyl halides is 3. The van der Waals surface area contributed by atoms with Gasteiger partial charge in [0, 0.05) is 5.56 Å². The van der Waals surface area contributed by atoms with Crippen molar-refractivity contribution in [3.05, 3.63) is 29.6 Å². The van der Waals surface area contributed by atoms with Gasteiger partial charge in [-0.3, -0.25) is 4.79 Å². The molecule has 0 radical (unpaired) electrons. The third-order valence-electron chi connectivity index (χ3n) is 1.82. The number of rotatable bonds is 3. The average Bonchev–Trinajstić information content (AvgIpc) is 2.18. The van der Waals surface area contributed by atoms with Crippen LogP contribution >= 0.6 is 0 Å². The third kappa shape index (κ3) is 2.97. The van der Waals surface area contributed by atoms with E-state index in [0.717, 1.165) is 13.0 Å². The molecule has 0 saturated carbocycles. The highest BCUT2D eigenvalue weighted by Crippen LogP contribution is 2.28. The van der Waals surface area contributed by atoms with Crippen LogP contribution in [0.4, 0.5) is 17.6 Å². The molecule has 0 bridgehead atoms. The van der Waals surface area contributed by atoms with Crippen LogP contribution in [0.5, 0.6) is 5.75 Å². The van der Waals surface area contributed by atoms with Crippen LogP contribution < -0.4 is 4.18 Å². The Kier molecular flexibility index (Phi) is 3.65. The van der Waals surface area contributed by atoms with E-state index in [9.17, 15) is 30.8 Å². The van der Waals surface area contributed by atoms with Gasteiger partial charge < -0.3 is 4.18 Å². The minimum Gasteiger partial charge on any atom is -0.373 e. The lowest BCUT2D eigenvalue weighted by Gasteiger charge is -2.10. The number of hydrogen-bond donors (Lipinski definition) is 0. The van der Waals surface area contributed by atoms with E-state index in [1.54, 1.807) is 0 Å². The number of Topliss-reactive ketones (excluding diaryl/α,β-unsaturated/α-hetero) is 1. The van der Waals surface area contributed by atoms with Crippen molar-refractivity contribution >= 4 is 15.9 Å². The van der Waals surface area contributed by atoms with E-state index in [1.807, 2.05) is 0 Å². The lowest BCUT2D eigenvalue weighted by atomic mass is 10.1. The van der Waals surface area contributed by atoms with E-state index >= 15 is 0 Å². The Morgan fingerprint density at radius 3 is 2.22 bits per heavy atom. The van der Waals surface area contributed by atoms with Crippen LogP contribution in [0.3, 0.4) is 0 Å². The van der Waals surface area contributed by atoms with E-state index in [4.69, 9.17) is 0 Å². The van der Waals surface area contributed by atoms with E-state index in [0.29, 0.717) is 12.1 Å². The summed E-state index contributed by atoms with van der Waals surface area (Å²) in [4.78, 5) is 10.8. The van der Waals surface area contributed by atoms with Gasteiger partial charge in [0.05, 0.1) is 0 Å². The van der Waals surface area contributed by atoms with E-state index in [1.165, 1.54) is 0 Å². The number of benzene rings is 1. The molecule has 0 amide bonds. The highest BCUT2D eigenvalue weighted by Gasteiger charge is 2.48. The molecule has 0 saturated heterocycles. The van der Waals surface area contributed by atoms with Crippen LogP contribution in [0.2, 0.25) is 0 Å². The number of carbonyl (C=O) groups excluding carboxylic acids is 1. The molecule has 18 heavy (non-hydrogen) atoms. The minimum absolute atomic E-state index is 0.121. The topological polar surface area (TPSA) is 60.4 Å². The molecule has 1 aromatic rings. The van der Waals surface area contributed by atoms with Gasteiger partial charge in [-0.25, -0.2) is 4.39 Å². The summed E-state index contributed by atoms with van der Waals surface area (Å²) in [6.07, 6.45) is 0. The Morgan fingerprint density at radius 1 is 1.28 bits per heavy atom. The van der Waals surface area contributed by atoms with Gasteiger partial charge in [-0.05, 0) is 25.1 Å². The zero-order chi connectivity index (χ0) is 14.1. The molecular weight excluding hydrogens is 280 g/mol. The molecule has 9 heteroatoms. The van der Waals surface area contributed by atoms with Gasteiger partial charge in [0.1, 0.15) is 0 Å².